The van der Waals surface area contributed by atoms with E-state index in [1.165, 1.54) is 0 Å². The number of rotatable bonds is 11. The zero-order valence-corrected chi connectivity index (χ0v) is 18.9. The van der Waals surface area contributed by atoms with Gasteiger partial charge < -0.3 is 19.4 Å². The number of benzene rings is 3. The number of aryl methyl sites for hydroxylation is 1. The van der Waals surface area contributed by atoms with Crippen LogP contribution in [-0.4, -0.2) is 35.7 Å². The summed E-state index contributed by atoms with van der Waals surface area (Å²) in [4.78, 5) is 17.1. The summed E-state index contributed by atoms with van der Waals surface area (Å²) in [5.41, 5.74) is 2.77. The SMILES string of the molecule is COc1cccc(OCCCCn2c(CCNC(=O)c3ccccc3)nc3ccccc32)c1. The summed E-state index contributed by atoms with van der Waals surface area (Å²) in [6.45, 7) is 2.03. The second-order valence-corrected chi connectivity index (χ2v) is 7.77. The number of carbonyl (C=O) groups excluding carboxylic acids is 1. The first-order chi connectivity index (χ1) is 16.2. The van der Waals surface area contributed by atoms with Gasteiger partial charge in [-0.1, -0.05) is 36.4 Å². The predicted octanol–water partition coefficient (Wildman–Crippen LogP) is 4.88. The number of para-hydroxylation sites is 2. The maximum absolute atomic E-state index is 12.3. The highest BCUT2D eigenvalue weighted by Crippen LogP contribution is 2.20. The molecule has 0 aliphatic carbocycles. The molecule has 0 spiro atoms. The lowest BCUT2D eigenvalue weighted by Gasteiger charge is -2.11. The van der Waals surface area contributed by atoms with Crippen molar-refractivity contribution < 1.29 is 14.3 Å². The van der Waals surface area contributed by atoms with Crippen molar-refractivity contribution >= 4 is 16.9 Å². The third-order valence-electron chi connectivity index (χ3n) is 5.49. The number of aromatic nitrogens is 2. The number of ether oxygens (including phenoxy) is 2. The average molecular weight is 444 g/mol. The van der Waals surface area contributed by atoms with Gasteiger partial charge >= 0.3 is 0 Å². The Morgan fingerprint density at radius 1 is 0.939 bits per heavy atom. The number of amides is 1. The van der Waals surface area contributed by atoms with Gasteiger partial charge in [0, 0.05) is 31.1 Å². The quantitative estimate of drug-likeness (QED) is 0.336. The van der Waals surface area contributed by atoms with Crippen LogP contribution in [0.5, 0.6) is 11.5 Å². The van der Waals surface area contributed by atoms with Gasteiger partial charge in [-0.15, -0.1) is 0 Å². The molecule has 0 saturated heterocycles. The van der Waals surface area contributed by atoms with E-state index in [1.54, 1.807) is 7.11 Å². The molecule has 0 saturated carbocycles. The van der Waals surface area contributed by atoms with Crippen LogP contribution in [0.3, 0.4) is 0 Å². The summed E-state index contributed by atoms with van der Waals surface area (Å²) in [5, 5.41) is 3.00. The van der Waals surface area contributed by atoms with Gasteiger partial charge in [0.2, 0.25) is 0 Å². The Hall–Kier alpha value is -3.80. The molecule has 0 atom stereocenters. The Labute approximate surface area is 194 Å². The van der Waals surface area contributed by atoms with Gasteiger partial charge in [0.15, 0.2) is 0 Å². The highest BCUT2D eigenvalue weighted by atomic mass is 16.5. The van der Waals surface area contributed by atoms with Gasteiger partial charge in [0.1, 0.15) is 17.3 Å². The van der Waals surface area contributed by atoms with Crippen LogP contribution >= 0.6 is 0 Å². The summed E-state index contributed by atoms with van der Waals surface area (Å²) >= 11 is 0. The summed E-state index contributed by atoms with van der Waals surface area (Å²) < 4.78 is 13.4. The number of nitrogens with one attached hydrogen (secondary N) is 1. The highest BCUT2D eigenvalue weighted by Gasteiger charge is 2.11. The Morgan fingerprint density at radius 3 is 2.58 bits per heavy atom. The minimum atomic E-state index is -0.0621. The second kappa shape index (κ2) is 11.2. The lowest BCUT2D eigenvalue weighted by molar-refractivity contribution is 0.0954. The molecule has 1 amide bonds. The summed E-state index contributed by atoms with van der Waals surface area (Å²) in [6.07, 6.45) is 2.56. The Morgan fingerprint density at radius 2 is 1.73 bits per heavy atom. The van der Waals surface area contributed by atoms with Crippen LogP contribution in [-0.2, 0) is 13.0 Å². The molecule has 1 heterocycles. The molecule has 0 aliphatic rings. The summed E-state index contributed by atoms with van der Waals surface area (Å²) in [7, 11) is 1.65. The normalized spacial score (nSPS) is 10.8. The number of nitrogens with zero attached hydrogens (tertiary/aromatic N) is 2. The van der Waals surface area contributed by atoms with Gasteiger partial charge in [-0.05, 0) is 49.2 Å². The number of unbranched alkanes of at least 4 members (excludes halogenated alkanes) is 1. The standard InChI is InChI=1S/C27H29N3O3/c1-32-22-12-9-13-23(20-22)33-19-8-7-18-30-25-15-6-5-14-24(25)29-26(30)16-17-28-27(31)21-10-3-2-4-11-21/h2-6,9-15,20H,7-8,16-19H2,1H3,(H,28,31). The van der Waals surface area contributed by atoms with Gasteiger partial charge in [-0.3, -0.25) is 4.79 Å². The van der Waals surface area contributed by atoms with Crippen molar-refractivity contribution in [1.82, 2.24) is 14.9 Å². The van der Waals surface area contributed by atoms with Crippen LogP contribution in [0.4, 0.5) is 0 Å². The largest absolute Gasteiger partial charge is 0.497 e. The molecule has 170 valence electrons. The maximum atomic E-state index is 12.3. The highest BCUT2D eigenvalue weighted by molar-refractivity contribution is 5.94. The monoisotopic (exact) mass is 443 g/mol. The fraction of sp³-hybridized carbons (Fsp3) is 0.259. The van der Waals surface area contributed by atoms with Crippen LogP contribution in [0.25, 0.3) is 11.0 Å². The van der Waals surface area contributed by atoms with E-state index in [0.717, 1.165) is 47.7 Å². The third kappa shape index (κ3) is 5.92. The van der Waals surface area contributed by atoms with Crippen molar-refractivity contribution in [2.45, 2.75) is 25.8 Å². The number of fused-ring (bicyclic) bond motifs is 1. The van der Waals surface area contributed by atoms with Crippen LogP contribution in [0.1, 0.15) is 29.0 Å². The molecule has 1 N–H and O–H groups in total. The molecule has 1 aromatic heterocycles. The van der Waals surface area contributed by atoms with Crippen molar-refractivity contribution in [3.63, 3.8) is 0 Å². The van der Waals surface area contributed by atoms with Gasteiger partial charge in [0.05, 0.1) is 24.8 Å². The van der Waals surface area contributed by atoms with Crippen molar-refractivity contribution in [3.8, 4) is 11.5 Å². The summed E-state index contributed by atoms with van der Waals surface area (Å²) in [5.74, 6) is 2.53. The molecule has 3 aromatic carbocycles. The third-order valence-corrected chi connectivity index (χ3v) is 5.49. The first-order valence-corrected chi connectivity index (χ1v) is 11.3. The van der Waals surface area contributed by atoms with Gasteiger partial charge in [-0.2, -0.15) is 0 Å². The van der Waals surface area contributed by atoms with E-state index in [-0.39, 0.29) is 5.91 Å². The molecule has 0 bridgehead atoms. The van der Waals surface area contributed by atoms with Crippen molar-refractivity contribution in [2.75, 3.05) is 20.3 Å². The van der Waals surface area contributed by atoms with E-state index < -0.39 is 0 Å². The van der Waals surface area contributed by atoms with Crippen molar-refractivity contribution in [3.05, 3.63) is 90.3 Å². The number of hydrogen-bond donors (Lipinski definition) is 1. The first-order valence-electron chi connectivity index (χ1n) is 11.3. The maximum Gasteiger partial charge on any atom is 0.251 e. The van der Waals surface area contributed by atoms with E-state index in [2.05, 4.69) is 16.0 Å². The Balaban J connectivity index is 1.32. The first kappa shape index (κ1) is 22.4. The smallest absolute Gasteiger partial charge is 0.251 e. The zero-order valence-electron chi connectivity index (χ0n) is 18.9. The fourth-order valence-electron chi connectivity index (χ4n) is 3.80. The molecule has 0 fully saturated rings. The number of methoxy groups -OCH3 is 1. The van der Waals surface area contributed by atoms with Crippen LogP contribution in [0, 0.1) is 0 Å². The van der Waals surface area contributed by atoms with E-state index in [4.69, 9.17) is 14.5 Å². The van der Waals surface area contributed by atoms with E-state index in [0.29, 0.717) is 25.1 Å². The molecular formula is C27H29N3O3. The van der Waals surface area contributed by atoms with Crippen LogP contribution in [0.2, 0.25) is 0 Å². The predicted molar refractivity (Wildman–Crippen MR) is 130 cm³/mol. The molecule has 0 unspecified atom stereocenters. The fourth-order valence-corrected chi connectivity index (χ4v) is 3.80. The minimum Gasteiger partial charge on any atom is -0.497 e. The molecule has 4 aromatic rings. The number of carbonyl (C=O) groups is 1. The lowest BCUT2D eigenvalue weighted by Crippen LogP contribution is -2.26. The van der Waals surface area contributed by atoms with E-state index in [9.17, 15) is 4.79 Å². The second-order valence-electron chi connectivity index (χ2n) is 7.77. The molecular weight excluding hydrogens is 414 g/mol. The average Bonchev–Trinajstić information content (AvgIpc) is 3.21. The molecule has 4 rings (SSSR count). The Kier molecular flexibility index (Phi) is 7.59. The zero-order chi connectivity index (χ0) is 22.9. The van der Waals surface area contributed by atoms with E-state index >= 15 is 0 Å². The number of hydrogen-bond acceptors (Lipinski definition) is 4. The number of imidazole rings is 1. The molecule has 0 aliphatic heterocycles. The lowest BCUT2D eigenvalue weighted by atomic mass is 10.2. The molecule has 6 heteroatoms. The minimum absolute atomic E-state index is 0.0621. The van der Waals surface area contributed by atoms with Crippen LogP contribution in [0.15, 0.2) is 78.9 Å². The molecule has 6 nitrogen and oxygen atoms in total. The topological polar surface area (TPSA) is 65.4 Å². The molecule has 33 heavy (non-hydrogen) atoms. The van der Waals surface area contributed by atoms with E-state index in [1.807, 2.05) is 72.8 Å². The van der Waals surface area contributed by atoms with Crippen molar-refractivity contribution in [2.24, 2.45) is 0 Å². The Bertz CT molecular complexity index is 1190. The van der Waals surface area contributed by atoms with Gasteiger partial charge in [0.25, 0.3) is 5.91 Å². The van der Waals surface area contributed by atoms with Gasteiger partial charge in [-0.25, -0.2) is 4.98 Å². The van der Waals surface area contributed by atoms with Crippen LogP contribution < -0.4 is 14.8 Å². The molecule has 0 radical (unpaired) electrons. The summed E-state index contributed by atoms with van der Waals surface area (Å²) in [6, 6.07) is 25.1. The van der Waals surface area contributed by atoms with Crippen molar-refractivity contribution in [1.29, 1.82) is 0 Å².